The average Bonchev–Trinajstić information content (AvgIpc) is 3.27. The lowest BCUT2D eigenvalue weighted by Crippen LogP contribution is -2.32. The second-order valence-corrected chi connectivity index (χ2v) is 8.62. The summed E-state index contributed by atoms with van der Waals surface area (Å²) in [5.74, 6) is 1.70. The van der Waals surface area contributed by atoms with E-state index in [0.29, 0.717) is 22.7 Å². The number of rotatable bonds is 7. The van der Waals surface area contributed by atoms with E-state index in [9.17, 15) is 4.79 Å². The molecule has 7 nitrogen and oxygen atoms in total. The topological polar surface area (TPSA) is 89.3 Å². The molecule has 2 N–H and O–H groups in total. The summed E-state index contributed by atoms with van der Waals surface area (Å²) < 4.78 is 11.7. The van der Waals surface area contributed by atoms with Crippen molar-refractivity contribution >= 4 is 27.8 Å². The number of carbonyl (C=O) groups excluding carboxylic acids is 1. The Labute approximate surface area is 189 Å². The third kappa shape index (κ3) is 5.25. The molecule has 1 aliphatic rings. The molecular formula is C23H25BrN4O3. The molecule has 0 fully saturated rings. The van der Waals surface area contributed by atoms with Crippen molar-refractivity contribution in [2.75, 3.05) is 5.32 Å². The van der Waals surface area contributed by atoms with Gasteiger partial charge in [-0.1, -0.05) is 6.07 Å². The molecule has 1 aromatic carbocycles. The molecular weight excluding hydrogens is 460 g/mol. The Morgan fingerprint density at radius 2 is 2.23 bits per heavy atom. The van der Waals surface area contributed by atoms with Crippen LogP contribution in [-0.2, 0) is 13.0 Å². The number of aryl methyl sites for hydroxylation is 1. The zero-order valence-corrected chi connectivity index (χ0v) is 19.1. The molecule has 3 aromatic rings. The number of aromatic nitrogens is 2. The Morgan fingerprint density at radius 1 is 1.35 bits per heavy atom. The normalized spacial score (nSPS) is 15.4. The van der Waals surface area contributed by atoms with Crippen molar-refractivity contribution < 1.29 is 13.9 Å². The highest BCUT2D eigenvalue weighted by Gasteiger charge is 2.25. The highest BCUT2D eigenvalue weighted by molar-refractivity contribution is 9.10. The van der Waals surface area contributed by atoms with Gasteiger partial charge in [0.05, 0.1) is 29.4 Å². The van der Waals surface area contributed by atoms with Gasteiger partial charge in [-0.15, -0.1) is 0 Å². The fourth-order valence-corrected chi connectivity index (χ4v) is 4.06. The molecule has 2 aromatic heterocycles. The zero-order valence-electron chi connectivity index (χ0n) is 17.5. The maximum Gasteiger partial charge on any atom is 0.271 e. The van der Waals surface area contributed by atoms with Gasteiger partial charge in [-0.3, -0.25) is 4.79 Å². The van der Waals surface area contributed by atoms with E-state index in [1.165, 1.54) is 5.56 Å². The monoisotopic (exact) mass is 484 g/mol. The molecule has 0 radical (unpaired) electrons. The van der Waals surface area contributed by atoms with Gasteiger partial charge in [0.2, 0.25) is 5.95 Å². The van der Waals surface area contributed by atoms with Gasteiger partial charge in [0.15, 0.2) is 0 Å². The highest BCUT2D eigenvalue weighted by Crippen LogP contribution is 2.33. The third-order valence-electron chi connectivity index (χ3n) is 5.07. The van der Waals surface area contributed by atoms with E-state index in [0.717, 1.165) is 36.3 Å². The van der Waals surface area contributed by atoms with E-state index in [2.05, 4.69) is 42.6 Å². The van der Waals surface area contributed by atoms with Gasteiger partial charge in [0.1, 0.15) is 17.2 Å². The summed E-state index contributed by atoms with van der Waals surface area (Å²) in [6, 6.07) is 9.73. The van der Waals surface area contributed by atoms with Crippen LogP contribution in [0.2, 0.25) is 0 Å². The molecule has 0 bridgehead atoms. The van der Waals surface area contributed by atoms with Crippen molar-refractivity contribution in [3.05, 3.63) is 69.8 Å². The van der Waals surface area contributed by atoms with Crippen LogP contribution in [0.15, 0.2) is 51.7 Å². The predicted octanol–water partition coefficient (Wildman–Crippen LogP) is 5.04. The second kappa shape index (κ2) is 9.51. The minimum Gasteiger partial charge on any atom is -0.491 e. The number of amides is 1. The van der Waals surface area contributed by atoms with E-state index >= 15 is 0 Å². The Morgan fingerprint density at radius 3 is 3.00 bits per heavy atom. The summed E-state index contributed by atoms with van der Waals surface area (Å²) in [6.07, 6.45) is 6.17. The van der Waals surface area contributed by atoms with Crippen LogP contribution in [0.5, 0.6) is 5.75 Å². The summed E-state index contributed by atoms with van der Waals surface area (Å²) in [5.41, 5.74) is 2.65. The number of carbonyl (C=O) groups is 1. The summed E-state index contributed by atoms with van der Waals surface area (Å²) in [5, 5.41) is 6.23. The lowest BCUT2D eigenvalue weighted by molar-refractivity contribution is 0.0926. The number of nitrogens with one attached hydrogen (secondary N) is 2. The van der Waals surface area contributed by atoms with Gasteiger partial charge in [-0.25, -0.2) is 9.97 Å². The minimum atomic E-state index is -0.247. The lowest BCUT2D eigenvalue weighted by atomic mass is 9.87. The number of anilines is 1. The Balaban J connectivity index is 1.50. The third-order valence-corrected chi connectivity index (χ3v) is 5.65. The number of halogens is 1. The largest absolute Gasteiger partial charge is 0.491 e. The van der Waals surface area contributed by atoms with Crippen LogP contribution in [-0.4, -0.2) is 22.0 Å². The van der Waals surface area contributed by atoms with Crippen LogP contribution in [0.4, 0.5) is 5.95 Å². The van der Waals surface area contributed by atoms with Crippen LogP contribution < -0.4 is 15.4 Å². The smallest absolute Gasteiger partial charge is 0.271 e. The molecule has 31 heavy (non-hydrogen) atoms. The van der Waals surface area contributed by atoms with Crippen molar-refractivity contribution in [1.29, 1.82) is 0 Å². The second-order valence-electron chi connectivity index (χ2n) is 7.77. The molecule has 8 heteroatoms. The molecule has 162 valence electrons. The molecule has 2 heterocycles. The van der Waals surface area contributed by atoms with Gasteiger partial charge in [0.25, 0.3) is 5.91 Å². The summed E-state index contributed by atoms with van der Waals surface area (Å²) in [7, 11) is 0. The minimum absolute atomic E-state index is 0.0895. The van der Waals surface area contributed by atoms with Gasteiger partial charge in [0, 0.05) is 6.20 Å². The molecule has 0 spiro atoms. The van der Waals surface area contributed by atoms with Crippen molar-refractivity contribution in [1.82, 2.24) is 15.3 Å². The first-order chi connectivity index (χ1) is 15.0. The molecule has 0 aliphatic heterocycles. The van der Waals surface area contributed by atoms with Crippen LogP contribution in [0, 0.1) is 0 Å². The van der Waals surface area contributed by atoms with Crippen molar-refractivity contribution in [2.45, 2.75) is 51.8 Å². The molecule has 1 aliphatic carbocycles. The van der Waals surface area contributed by atoms with Gasteiger partial charge in [-0.2, -0.15) is 0 Å². The first-order valence-electron chi connectivity index (χ1n) is 10.4. The lowest BCUT2D eigenvalue weighted by Gasteiger charge is -2.27. The first kappa shape index (κ1) is 21.4. The van der Waals surface area contributed by atoms with Crippen LogP contribution in [0.25, 0.3) is 0 Å². The fraction of sp³-hybridized carbons (Fsp3) is 0.348. The van der Waals surface area contributed by atoms with Crippen LogP contribution in [0.3, 0.4) is 0 Å². The van der Waals surface area contributed by atoms with Crippen LogP contribution in [0.1, 0.15) is 60.1 Å². The zero-order chi connectivity index (χ0) is 21.8. The number of hydrogen-bond donors (Lipinski definition) is 2. The summed E-state index contributed by atoms with van der Waals surface area (Å²) in [4.78, 5) is 21.7. The number of nitrogens with zero attached hydrogens (tertiary/aromatic N) is 2. The average molecular weight is 485 g/mol. The maximum absolute atomic E-state index is 13.1. The first-order valence-corrected chi connectivity index (χ1v) is 11.2. The predicted molar refractivity (Wildman–Crippen MR) is 121 cm³/mol. The van der Waals surface area contributed by atoms with E-state index in [-0.39, 0.29) is 18.1 Å². The number of ether oxygens (including phenoxy) is 1. The SMILES string of the molecule is CC(C)Oc1ccc2c(c1)[C@H](NC(=O)c1nc(NCc3ccco3)ncc1Br)CCC2. The van der Waals surface area contributed by atoms with Crippen LogP contribution >= 0.6 is 15.9 Å². The van der Waals surface area contributed by atoms with E-state index in [4.69, 9.17) is 9.15 Å². The van der Waals surface area contributed by atoms with Crippen molar-refractivity contribution in [2.24, 2.45) is 0 Å². The molecule has 1 amide bonds. The molecule has 0 saturated heterocycles. The van der Waals surface area contributed by atoms with E-state index in [1.807, 2.05) is 38.1 Å². The molecule has 4 rings (SSSR count). The molecule has 0 unspecified atom stereocenters. The number of benzene rings is 1. The quantitative estimate of drug-likeness (QED) is 0.488. The Hall–Kier alpha value is -2.87. The van der Waals surface area contributed by atoms with Crippen molar-refractivity contribution in [3.63, 3.8) is 0 Å². The fourth-order valence-electron chi connectivity index (χ4n) is 3.69. The number of hydrogen-bond acceptors (Lipinski definition) is 6. The summed E-state index contributed by atoms with van der Waals surface area (Å²) >= 11 is 3.40. The van der Waals surface area contributed by atoms with Gasteiger partial charge in [-0.05, 0) is 84.4 Å². The van der Waals surface area contributed by atoms with Gasteiger partial charge < -0.3 is 19.8 Å². The highest BCUT2D eigenvalue weighted by atomic mass is 79.9. The standard InChI is InChI=1S/C23H25BrN4O3/c1-14(2)31-16-9-8-15-5-3-7-20(18(15)11-16)27-22(29)21-19(24)13-26-23(28-21)25-12-17-6-4-10-30-17/h4,6,8-11,13-14,20H,3,5,7,12H2,1-2H3,(H,27,29)(H,25,26,28)/t20-/m1/s1. The van der Waals surface area contributed by atoms with Crippen molar-refractivity contribution in [3.8, 4) is 5.75 Å². The summed E-state index contributed by atoms with van der Waals surface area (Å²) in [6.45, 7) is 4.44. The Kier molecular flexibility index (Phi) is 6.56. The molecule has 0 saturated carbocycles. The van der Waals surface area contributed by atoms with E-state index < -0.39 is 0 Å². The molecule has 1 atom stereocenters. The number of furan rings is 1. The Bertz CT molecular complexity index is 1050. The maximum atomic E-state index is 13.1. The number of fused-ring (bicyclic) bond motifs is 1. The van der Waals surface area contributed by atoms with E-state index in [1.54, 1.807) is 12.5 Å². The van der Waals surface area contributed by atoms with Gasteiger partial charge >= 0.3 is 0 Å².